The summed E-state index contributed by atoms with van der Waals surface area (Å²) in [5.74, 6) is -0.0234. The van der Waals surface area contributed by atoms with Crippen LogP contribution in [0.4, 0.5) is 0 Å². The van der Waals surface area contributed by atoms with Crippen molar-refractivity contribution >= 4 is 15.9 Å². The summed E-state index contributed by atoms with van der Waals surface area (Å²) in [6.45, 7) is 7.68. The van der Waals surface area contributed by atoms with Gasteiger partial charge in [0.2, 0.25) is 15.9 Å². The monoisotopic (exact) mass is 332 g/mol. The van der Waals surface area contributed by atoms with Crippen molar-refractivity contribution in [2.45, 2.75) is 32.2 Å². The van der Waals surface area contributed by atoms with Gasteiger partial charge < -0.3 is 10.6 Å². The van der Waals surface area contributed by atoms with Crippen LogP contribution in [0.15, 0.2) is 0 Å². The number of nitrogens with zero attached hydrogens (tertiary/aromatic N) is 2. The van der Waals surface area contributed by atoms with E-state index in [1.807, 2.05) is 6.92 Å². The fourth-order valence-corrected chi connectivity index (χ4v) is 4.85. The predicted octanol–water partition coefficient (Wildman–Crippen LogP) is -0.788. The van der Waals surface area contributed by atoms with Crippen molar-refractivity contribution in [3.63, 3.8) is 0 Å². The van der Waals surface area contributed by atoms with Crippen molar-refractivity contribution in [1.29, 1.82) is 0 Å². The number of piperazine rings is 1. The van der Waals surface area contributed by atoms with Gasteiger partial charge in [0.15, 0.2) is 0 Å². The summed E-state index contributed by atoms with van der Waals surface area (Å²) in [5, 5.41) is 6.20. The van der Waals surface area contributed by atoms with Crippen LogP contribution in [0.2, 0.25) is 0 Å². The van der Waals surface area contributed by atoms with Gasteiger partial charge in [0.05, 0.1) is 5.75 Å². The molecule has 0 bridgehead atoms. The largest absolute Gasteiger partial charge is 0.353 e. The summed E-state index contributed by atoms with van der Waals surface area (Å²) < 4.78 is 25.8. The molecule has 2 aliphatic rings. The van der Waals surface area contributed by atoms with Gasteiger partial charge in [-0.3, -0.25) is 9.69 Å². The molecule has 2 fully saturated rings. The molecule has 0 radical (unpaired) electrons. The molecule has 0 aromatic heterocycles. The van der Waals surface area contributed by atoms with Crippen LogP contribution in [-0.4, -0.2) is 81.1 Å². The second kappa shape index (κ2) is 8.24. The number of rotatable bonds is 7. The Bertz CT molecular complexity index is 463. The smallest absolute Gasteiger partial charge is 0.238 e. The number of amides is 1. The van der Waals surface area contributed by atoms with Crippen molar-refractivity contribution in [2.75, 3.05) is 51.6 Å². The Labute approximate surface area is 133 Å². The standard InChI is InChI=1S/C14H28N4O3S/c1-2-12-22(20,21)18-8-3-4-13(18)14(19)16-7-11-17-9-5-15-6-10-17/h13,15H,2-12H2,1H3,(H,16,19). The molecule has 128 valence electrons. The van der Waals surface area contributed by atoms with Crippen molar-refractivity contribution in [3.8, 4) is 0 Å². The third kappa shape index (κ3) is 4.65. The van der Waals surface area contributed by atoms with Gasteiger partial charge in [-0.05, 0) is 19.3 Å². The first-order valence-electron chi connectivity index (χ1n) is 8.25. The lowest BCUT2D eigenvalue weighted by Crippen LogP contribution is -2.49. The highest BCUT2D eigenvalue weighted by molar-refractivity contribution is 7.89. The Morgan fingerprint density at radius 1 is 1.27 bits per heavy atom. The molecule has 7 nitrogen and oxygen atoms in total. The maximum absolute atomic E-state index is 12.3. The quantitative estimate of drug-likeness (QED) is 0.639. The van der Waals surface area contributed by atoms with Crippen molar-refractivity contribution in [2.24, 2.45) is 0 Å². The van der Waals surface area contributed by atoms with E-state index in [2.05, 4.69) is 15.5 Å². The highest BCUT2D eigenvalue weighted by atomic mass is 32.2. The average molecular weight is 332 g/mol. The molecule has 0 aromatic rings. The first-order chi connectivity index (χ1) is 10.5. The Hall–Kier alpha value is -0.700. The SMILES string of the molecule is CCCS(=O)(=O)N1CCCC1C(=O)NCCN1CCNCC1. The molecule has 0 aliphatic carbocycles. The summed E-state index contributed by atoms with van der Waals surface area (Å²) >= 11 is 0. The fourth-order valence-electron chi connectivity index (χ4n) is 3.10. The molecule has 2 N–H and O–H groups in total. The van der Waals surface area contributed by atoms with Crippen molar-refractivity contribution in [1.82, 2.24) is 19.8 Å². The minimum Gasteiger partial charge on any atom is -0.353 e. The van der Waals surface area contributed by atoms with Gasteiger partial charge in [-0.2, -0.15) is 4.31 Å². The minimum absolute atomic E-state index is 0.123. The maximum Gasteiger partial charge on any atom is 0.238 e. The Morgan fingerprint density at radius 2 is 2.00 bits per heavy atom. The van der Waals surface area contributed by atoms with Gasteiger partial charge in [0.1, 0.15) is 6.04 Å². The summed E-state index contributed by atoms with van der Waals surface area (Å²) in [4.78, 5) is 14.6. The summed E-state index contributed by atoms with van der Waals surface area (Å²) in [5.41, 5.74) is 0. The van der Waals surface area contributed by atoms with Gasteiger partial charge in [-0.25, -0.2) is 8.42 Å². The topological polar surface area (TPSA) is 81.8 Å². The van der Waals surface area contributed by atoms with E-state index < -0.39 is 16.1 Å². The lowest BCUT2D eigenvalue weighted by Gasteiger charge is -2.28. The predicted molar refractivity (Wildman–Crippen MR) is 86.1 cm³/mol. The summed E-state index contributed by atoms with van der Waals surface area (Å²) in [7, 11) is -3.30. The Kier molecular flexibility index (Phi) is 6.61. The van der Waals surface area contributed by atoms with Crippen molar-refractivity contribution < 1.29 is 13.2 Å². The lowest BCUT2D eigenvalue weighted by molar-refractivity contribution is -0.124. The van der Waals surface area contributed by atoms with Crippen LogP contribution in [0.1, 0.15) is 26.2 Å². The number of nitrogens with one attached hydrogen (secondary N) is 2. The molecule has 0 saturated carbocycles. The van der Waals surface area contributed by atoms with E-state index in [1.165, 1.54) is 4.31 Å². The van der Waals surface area contributed by atoms with Crippen molar-refractivity contribution in [3.05, 3.63) is 0 Å². The second-order valence-corrected chi connectivity index (χ2v) is 8.01. The molecular weight excluding hydrogens is 304 g/mol. The molecule has 1 amide bonds. The van der Waals surface area contributed by atoms with Gasteiger partial charge >= 0.3 is 0 Å². The zero-order valence-electron chi connectivity index (χ0n) is 13.4. The highest BCUT2D eigenvalue weighted by Gasteiger charge is 2.37. The maximum atomic E-state index is 12.3. The summed E-state index contributed by atoms with van der Waals surface area (Å²) in [6, 6.07) is -0.514. The van der Waals surface area contributed by atoms with Gasteiger partial charge in [-0.1, -0.05) is 6.92 Å². The number of hydrogen-bond donors (Lipinski definition) is 2. The first-order valence-corrected chi connectivity index (χ1v) is 9.86. The number of hydrogen-bond acceptors (Lipinski definition) is 5. The van der Waals surface area contributed by atoms with Crippen LogP contribution in [-0.2, 0) is 14.8 Å². The third-order valence-electron chi connectivity index (χ3n) is 4.26. The molecule has 1 unspecified atom stereocenters. The fraction of sp³-hybridized carbons (Fsp3) is 0.929. The Balaban J connectivity index is 1.80. The van der Waals surface area contributed by atoms with Crippen LogP contribution in [0, 0.1) is 0 Å². The lowest BCUT2D eigenvalue weighted by atomic mass is 10.2. The molecule has 2 heterocycles. The number of carbonyl (C=O) groups is 1. The van der Waals surface area contributed by atoms with Gasteiger partial charge in [0, 0.05) is 45.8 Å². The third-order valence-corrected chi connectivity index (χ3v) is 6.34. The van der Waals surface area contributed by atoms with E-state index in [0.29, 0.717) is 25.9 Å². The summed E-state index contributed by atoms with van der Waals surface area (Å²) in [6.07, 6.45) is 1.97. The number of carbonyl (C=O) groups excluding carboxylic acids is 1. The van der Waals surface area contributed by atoms with E-state index in [0.717, 1.165) is 39.1 Å². The first kappa shape index (κ1) is 17.7. The average Bonchev–Trinajstić information content (AvgIpc) is 2.98. The molecule has 8 heteroatoms. The zero-order valence-corrected chi connectivity index (χ0v) is 14.2. The molecular formula is C14H28N4O3S. The molecule has 2 rings (SSSR count). The molecule has 0 aromatic carbocycles. The van der Waals surface area contributed by atoms with Crippen LogP contribution in [0.5, 0.6) is 0 Å². The highest BCUT2D eigenvalue weighted by Crippen LogP contribution is 2.21. The second-order valence-electron chi connectivity index (χ2n) is 5.97. The van der Waals surface area contributed by atoms with E-state index >= 15 is 0 Å². The zero-order chi connectivity index (χ0) is 16.0. The number of sulfonamides is 1. The molecule has 1 atom stereocenters. The van der Waals surface area contributed by atoms with Crippen LogP contribution < -0.4 is 10.6 Å². The van der Waals surface area contributed by atoms with Gasteiger partial charge in [0.25, 0.3) is 0 Å². The molecule has 0 spiro atoms. The van der Waals surface area contributed by atoms with E-state index in [4.69, 9.17) is 0 Å². The van der Waals surface area contributed by atoms with Crippen LogP contribution >= 0.6 is 0 Å². The Morgan fingerprint density at radius 3 is 2.68 bits per heavy atom. The van der Waals surface area contributed by atoms with Crippen LogP contribution in [0.3, 0.4) is 0 Å². The minimum atomic E-state index is -3.30. The molecule has 2 saturated heterocycles. The van der Waals surface area contributed by atoms with E-state index in [1.54, 1.807) is 0 Å². The van der Waals surface area contributed by atoms with E-state index in [9.17, 15) is 13.2 Å². The van der Waals surface area contributed by atoms with Crippen LogP contribution in [0.25, 0.3) is 0 Å². The van der Waals surface area contributed by atoms with Gasteiger partial charge in [-0.15, -0.1) is 0 Å². The van der Waals surface area contributed by atoms with E-state index in [-0.39, 0.29) is 11.7 Å². The normalized spacial score (nSPS) is 24.5. The molecule has 2 aliphatic heterocycles. The molecule has 22 heavy (non-hydrogen) atoms.